The van der Waals surface area contributed by atoms with Gasteiger partial charge in [0.25, 0.3) is 0 Å². The van der Waals surface area contributed by atoms with Gasteiger partial charge in [-0.05, 0) is 24.6 Å². The maximum atomic E-state index is 13.9. The van der Waals surface area contributed by atoms with Gasteiger partial charge in [-0.3, -0.25) is 4.79 Å². The maximum absolute atomic E-state index is 13.9. The summed E-state index contributed by atoms with van der Waals surface area (Å²) in [5.41, 5.74) is 0.114. The van der Waals surface area contributed by atoms with Gasteiger partial charge in [-0.15, -0.1) is 0 Å². The number of methoxy groups -OCH3 is 1. The van der Waals surface area contributed by atoms with Crippen LogP contribution in [-0.4, -0.2) is 18.9 Å². The van der Waals surface area contributed by atoms with E-state index in [4.69, 9.17) is 4.42 Å². The molecule has 0 amide bonds. The summed E-state index contributed by atoms with van der Waals surface area (Å²) in [6, 6.07) is 3.00. The maximum Gasteiger partial charge on any atom is 0.341 e. The first-order chi connectivity index (χ1) is 10.5. The van der Waals surface area contributed by atoms with Crippen molar-refractivity contribution in [3.8, 4) is 0 Å². The molecule has 1 aromatic heterocycles. The van der Waals surface area contributed by atoms with Crippen molar-refractivity contribution in [3.05, 3.63) is 58.5 Å². The summed E-state index contributed by atoms with van der Waals surface area (Å²) in [6.45, 7) is 0. The molecule has 2 aromatic rings. The second kappa shape index (κ2) is 5.36. The average Bonchev–Trinajstić information content (AvgIpc) is 2.94. The van der Waals surface area contributed by atoms with Crippen molar-refractivity contribution in [3.63, 3.8) is 0 Å². The zero-order chi connectivity index (χ0) is 15.9. The van der Waals surface area contributed by atoms with E-state index in [2.05, 4.69) is 4.74 Å². The van der Waals surface area contributed by atoms with Gasteiger partial charge in [0.15, 0.2) is 5.78 Å². The third kappa shape index (κ3) is 2.20. The average molecular weight is 306 g/mol. The van der Waals surface area contributed by atoms with E-state index in [1.165, 1.54) is 13.4 Å². The van der Waals surface area contributed by atoms with E-state index in [9.17, 15) is 18.4 Å². The summed E-state index contributed by atoms with van der Waals surface area (Å²) in [7, 11) is 1.19. The van der Waals surface area contributed by atoms with Crippen LogP contribution in [0.2, 0.25) is 0 Å². The molecule has 0 radical (unpaired) electrons. The van der Waals surface area contributed by atoms with Crippen LogP contribution in [0.15, 0.2) is 28.9 Å². The molecule has 0 saturated heterocycles. The predicted molar refractivity (Wildman–Crippen MR) is 71.8 cm³/mol. The lowest BCUT2D eigenvalue weighted by Crippen LogP contribution is -2.23. The highest BCUT2D eigenvalue weighted by Gasteiger charge is 2.36. The van der Waals surface area contributed by atoms with Crippen molar-refractivity contribution in [2.75, 3.05) is 7.11 Å². The lowest BCUT2D eigenvalue weighted by molar-refractivity contribution is 0.0596. The highest BCUT2D eigenvalue weighted by Crippen LogP contribution is 2.36. The second-order valence-corrected chi connectivity index (χ2v) is 5.06. The molecule has 0 N–H and O–H groups in total. The molecule has 114 valence electrons. The third-order valence-corrected chi connectivity index (χ3v) is 3.83. The van der Waals surface area contributed by atoms with Gasteiger partial charge in [0.2, 0.25) is 0 Å². The van der Waals surface area contributed by atoms with E-state index in [1.54, 1.807) is 0 Å². The first-order valence-corrected chi connectivity index (χ1v) is 6.70. The van der Waals surface area contributed by atoms with E-state index < -0.39 is 29.3 Å². The van der Waals surface area contributed by atoms with E-state index >= 15 is 0 Å². The smallest absolute Gasteiger partial charge is 0.341 e. The van der Waals surface area contributed by atoms with Gasteiger partial charge >= 0.3 is 5.97 Å². The normalized spacial score (nSPS) is 17.2. The van der Waals surface area contributed by atoms with Crippen LogP contribution in [0, 0.1) is 11.6 Å². The molecule has 0 fully saturated rings. The molecule has 0 spiro atoms. The van der Waals surface area contributed by atoms with Crippen LogP contribution in [-0.2, 0) is 11.2 Å². The molecular formula is C16H12F2O4. The minimum absolute atomic E-state index is 0.00679. The fourth-order valence-electron chi connectivity index (χ4n) is 2.77. The van der Waals surface area contributed by atoms with Gasteiger partial charge in [-0.1, -0.05) is 0 Å². The third-order valence-electron chi connectivity index (χ3n) is 3.83. The van der Waals surface area contributed by atoms with Gasteiger partial charge in [-0.25, -0.2) is 13.6 Å². The molecular weight excluding hydrogens is 294 g/mol. The molecule has 0 aliphatic heterocycles. The number of rotatable bonds is 2. The van der Waals surface area contributed by atoms with Crippen molar-refractivity contribution < 1.29 is 27.5 Å². The number of furan rings is 1. The Kier molecular flexibility index (Phi) is 3.52. The van der Waals surface area contributed by atoms with Crippen LogP contribution in [0.25, 0.3) is 0 Å². The Morgan fingerprint density at radius 3 is 2.86 bits per heavy atom. The van der Waals surface area contributed by atoms with Gasteiger partial charge in [0.1, 0.15) is 29.2 Å². The fourth-order valence-corrected chi connectivity index (χ4v) is 2.77. The number of Topliss-reactive ketones (excluding diaryl/α,β-unsaturated/α-hetero) is 1. The molecule has 22 heavy (non-hydrogen) atoms. The van der Waals surface area contributed by atoms with Gasteiger partial charge in [0, 0.05) is 12.0 Å². The summed E-state index contributed by atoms with van der Waals surface area (Å²) < 4.78 is 37.1. The van der Waals surface area contributed by atoms with E-state index in [1.807, 2.05) is 0 Å². The Labute approximate surface area is 124 Å². The molecule has 1 aliphatic carbocycles. The van der Waals surface area contributed by atoms with Crippen LogP contribution < -0.4 is 0 Å². The summed E-state index contributed by atoms with van der Waals surface area (Å²) in [4.78, 5) is 24.3. The standard InChI is InChI=1S/C16H12F2O4/c1-21-16(20)11-7-22-13-5-3-9(15(19)14(11)13)10-6-8(17)2-4-12(10)18/h2,4,6-7,9H,3,5H2,1H3. The Bertz CT molecular complexity index is 764. The number of benzene rings is 1. The summed E-state index contributed by atoms with van der Waals surface area (Å²) in [5.74, 6) is -2.89. The number of hydrogen-bond acceptors (Lipinski definition) is 4. The van der Waals surface area contributed by atoms with E-state index in [-0.39, 0.29) is 16.7 Å². The predicted octanol–water partition coefficient (Wildman–Crippen LogP) is 3.26. The fraction of sp³-hybridized carbons (Fsp3) is 0.250. The van der Waals surface area contributed by atoms with Crippen molar-refractivity contribution in [2.45, 2.75) is 18.8 Å². The number of aryl methyl sites for hydroxylation is 1. The number of ether oxygens (including phenoxy) is 1. The molecule has 6 heteroatoms. The molecule has 1 aromatic carbocycles. The first-order valence-electron chi connectivity index (χ1n) is 6.70. The number of carbonyl (C=O) groups is 2. The number of halogens is 2. The summed E-state index contributed by atoms with van der Waals surface area (Å²) in [6.07, 6.45) is 1.82. The molecule has 1 atom stereocenters. The van der Waals surface area contributed by atoms with Gasteiger partial charge in [-0.2, -0.15) is 0 Å². The highest BCUT2D eigenvalue weighted by atomic mass is 19.1. The van der Waals surface area contributed by atoms with Crippen LogP contribution >= 0.6 is 0 Å². The van der Waals surface area contributed by atoms with E-state index in [0.717, 1.165) is 18.2 Å². The summed E-state index contributed by atoms with van der Waals surface area (Å²) in [5, 5.41) is 0. The summed E-state index contributed by atoms with van der Waals surface area (Å²) >= 11 is 0. The first kappa shape index (κ1) is 14.4. The lowest BCUT2D eigenvalue weighted by atomic mass is 9.80. The Morgan fingerprint density at radius 2 is 2.14 bits per heavy atom. The monoisotopic (exact) mass is 306 g/mol. The number of fused-ring (bicyclic) bond motifs is 1. The van der Waals surface area contributed by atoms with Gasteiger partial charge < -0.3 is 9.15 Å². The largest absolute Gasteiger partial charge is 0.468 e. The molecule has 1 aliphatic rings. The topological polar surface area (TPSA) is 56.5 Å². The molecule has 0 bridgehead atoms. The minimum atomic E-state index is -0.843. The van der Waals surface area contributed by atoms with Crippen LogP contribution in [0.5, 0.6) is 0 Å². The highest BCUT2D eigenvalue weighted by molar-refractivity contribution is 6.10. The zero-order valence-electron chi connectivity index (χ0n) is 11.7. The van der Waals surface area contributed by atoms with Crippen molar-refractivity contribution in [1.82, 2.24) is 0 Å². The zero-order valence-corrected chi connectivity index (χ0v) is 11.7. The lowest BCUT2D eigenvalue weighted by Gasteiger charge is -2.21. The molecule has 3 rings (SSSR count). The molecule has 1 unspecified atom stereocenters. The van der Waals surface area contributed by atoms with Crippen LogP contribution in [0.3, 0.4) is 0 Å². The quantitative estimate of drug-likeness (QED) is 0.799. The SMILES string of the molecule is COC(=O)c1coc2c1C(=O)C(c1cc(F)ccc1F)CC2. The van der Waals surface area contributed by atoms with Crippen molar-refractivity contribution >= 4 is 11.8 Å². The van der Waals surface area contributed by atoms with Crippen molar-refractivity contribution in [1.29, 1.82) is 0 Å². The van der Waals surface area contributed by atoms with Crippen LogP contribution in [0.1, 0.15) is 44.4 Å². The molecule has 0 saturated carbocycles. The number of ketones is 1. The Hall–Kier alpha value is -2.50. The number of carbonyl (C=O) groups excluding carboxylic acids is 2. The minimum Gasteiger partial charge on any atom is -0.468 e. The Morgan fingerprint density at radius 1 is 1.36 bits per heavy atom. The van der Waals surface area contributed by atoms with E-state index in [0.29, 0.717) is 18.6 Å². The number of hydrogen-bond donors (Lipinski definition) is 0. The van der Waals surface area contributed by atoms with Crippen molar-refractivity contribution in [2.24, 2.45) is 0 Å². The second-order valence-electron chi connectivity index (χ2n) is 5.06. The Balaban J connectivity index is 2.06. The number of esters is 1. The molecule has 4 nitrogen and oxygen atoms in total. The van der Waals surface area contributed by atoms with Gasteiger partial charge in [0.05, 0.1) is 18.6 Å². The molecule has 1 heterocycles. The van der Waals surface area contributed by atoms with Crippen LogP contribution in [0.4, 0.5) is 8.78 Å².